The van der Waals surface area contributed by atoms with Gasteiger partial charge in [-0.3, -0.25) is 4.55 Å². The molecule has 0 bridgehead atoms. The second-order valence-electron chi connectivity index (χ2n) is 7.81. The molecule has 0 saturated heterocycles. The van der Waals surface area contributed by atoms with Crippen LogP contribution in [0.25, 0.3) is 0 Å². The molecule has 5 heteroatoms. The molecule has 0 aromatic rings. The van der Waals surface area contributed by atoms with Crippen LogP contribution in [0.4, 0.5) is 0 Å². The molecule has 0 aliphatic carbocycles. The minimum Gasteiger partial charge on any atom is -0.393 e. The van der Waals surface area contributed by atoms with E-state index in [9.17, 15) is 13.5 Å². The van der Waals surface area contributed by atoms with Crippen molar-refractivity contribution in [2.75, 3.05) is 0 Å². The molecule has 26 heavy (non-hydrogen) atoms. The molecular weight excluding hydrogens is 348 g/mol. The van der Waals surface area contributed by atoms with E-state index in [1.807, 2.05) is 6.92 Å². The van der Waals surface area contributed by atoms with E-state index >= 15 is 0 Å². The summed E-state index contributed by atoms with van der Waals surface area (Å²) >= 11 is 0. The summed E-state index contributed by atoms with van der Waals surface area (Å²) in [7, 11) is -3.85. The summed E-state index contributed by atoms with van der Waals surface area (Å²) in [5.74, 6) is 0. The van der Waals surface area contributed by atoms with Crippen LogP contribution in [-0.4, -0.2) is 29.4 Å². The Balaban J connectivity index is 3.27. The fraction of sp³-hybridized carbons (Fsp3) is 1.00. The fourth-order valence-corrected chi connectivity index (χ4v) is 4.45. The Morgan fingerprint density at radius 1 is 0.654 bits per heavy atom. The molecule has 0 rings (SSSR count). The van der Waals surface area contributed by atoms with Crippen LogP contribution in [0.3, 0.4) is 0 Å². The Hall–Kier alpha value is -0.130. The number of hydrogen-bond donors (Lipinski definition) is 2. The smallest absolute Gasteiger partial charge is 0.267 e. The molecule has 0 aromatic heterocycles. The van der Waals surface area contributed by atoms with Crippen molar-refractivity contribution in [2.45, 2.75) is 134 Å². The van der Waals surface area contributed by atoms with Gasteiger partial charge in [0, 0.05) is 0 Å². The predicted molar refractivity (Wildman–Crippen MR) is 111 cm³/mol. The minimum absolute atomic E-state index is 0.0825. The summed E-state index contributed by atoms with van der Waals surface area (Å²) in [6.07, 6.45) is 18.6. The van der Waals surface area contributed by atoms with E-state index in [1.54, 1.807) is 0 Å². The van der Waals surface area contributed by atoms with Crippen molar-refractivity contribution in [3.63, 3.8) is 0 Å². The highest BCUT2D eigenvalue weighted by molar-refractivity contribution is 7.86. The highest BCUT2D eigenvalue weighted by Crippen LogP contribution is 2.16. The largest absolute Gasteiger partial charge is 0.393 e. The first kappa shape index (κ1) is 25.9. The van der Waals surface area contributed by atoms with Gasteiger partial charge in [0.25, 0.3) is 10.1 Å². The first-order chi connectivity index (χ1) is 12.4. The SMILES string of the molecule is CCCC(O)CCCCCCCCCCCCCCC(CC)S(=O)(=O)O. The van der Waals surface area contributed by atoms with E-state index < -0.39 is 15.4 Å². The molecule has 0 radical (unpaired) electrons. The van der Waals surface area contributed by atoms with Crippen molar-refractivity contribution in [3.8, 4) is 0 Å². The molecule has 2 N–H and O–H groups in total. The van der Waals surface area contributed by atoms with Crippen LogP contribution in [-0.2, 0) is 10.1 Å². The molecule has 2 unspecified atom stereocenters. The molecule has 0 aliphatic rings. The zero-order chi connectivity index (χ0) is 19.7. The molecule has 0 fully saturated rings. The maximum absolute atomic E-state index is 11.1. The number of aliphatic hydroxyl groups is 1. The molecule has 0 aliphatic heterocycles. The third kappa shape index (κ3) is 16.1. The first-order valence-electron chi connectivity index (χ1n) is 11.1. The molecule has 0 aromatic carbocycles. The quantitative estimate of drug-likeness (QED) is 0.200. The van der Waals surface area contributed by atoms with Crippen molar-refractivity contribution < 1.29 is 18.1 Å². The molecule has 0 spiro atoms. The van der Waals surface area contributed by atoms with Gasteiger partial charge in [0.05, 0.1) is 11.4 Å². The lowest BCUT2D eigenvalue weighted by atomic mass is 10.0. The van der Waals surface area contributed by atoms with Gasteiger partial charge in [-0.1, -0.05) is 97.3 Å². The van der Waals surface area contributed by atoms with Crippen molar-refractivity contribution in [2.24, 2.45) is 0 Å². The van der Waals surface area contributed by atoms with Gasteiger partial charge in [-0.2, -0.15) is 8.42 Å². The fourth-order valence-electron chi connectivity index (χ4n) is 3.56. The number of hydrogen-bond acceptors (Lipinski definition) is 3. The Morgan fingerprint density at radius 3 is 1.38 bits per heavy atom. The summed E-state index contributed by atoms with van der Waals surface area (Å²) in [6, 6.07) is 0. The van der Waals surface area contributed by atoms with Gasteiger partial charge in [-0.05, 0) is 25.7 Å². The Morgan fingerprint density at radius 2 is 1.04 bits per heavy atom. The summed E-state index contributed by atoms with van der Waals surface area (Å²) in [6.45, 7) is 3.93. The Bertz CT molecular complexity index is 395. The minimum atomic E-state index is -3.85. The molecule has 0 amide bonds. The molecule has 158 valence electrons. The van der Waals surface area contributed by atoms with Crippen LogP contribution >= 0.6 is 0 Å². The number of rotatable bonds is 19. The average molecular weight is 393 g/mol. The first-order valence-corrected chi connectivity index (χ1v) is 12.6. The van der Waals surface area contributed by atoms with E-state index in [2.05, 4.69) is 6.92 Å². The highest BCUT2D eigenvalue weighted by Gasteiger charge is 2.19. The van der Waals surface area contributed by atoms with Crippen LogP contribution in [0.1, 0.15) is 123 Å². The maximum Gasteiger partial charge on any atom is 0.267 e. The summed E-state index contributed by atoms with van der Waals surface area (Å²) < 4.78 is 31.3. The second kappa shape index (κ2) is 17.0. The van der Waals surface area contributed by atoms with Crippen LogP contribution in [0.2, 0.25) is 0 Å². The van der Waals surface area contributed by atoms with Crippen LogP contribution in [0.15, 0.2) is 0 Å². The normalized spacial score (nSPS) is 14.5. The predicted octanol–water partition coefficient (Wildman–Crippen LogP) is 6.28. The maximum atomic E-state index is 11.1. The van der Waals surface area contributed by atoms with Crippen molar-refractivity contribution in [1.29, 1.82) is 0 Å². The van der Waals surface area contributed by atoms with E-state index in [1.165, 1.54) is 57.8 Å². The topological polar surface area (TPSA) is 74.6 Å². The van der Waals surface area contributed by atoms with Gasteiger partial charge in [0.15, 0.2) is 0 Å². The number of aliphatic hydroxyl groups excluding tert-OH is 1. The van der Waals surface area contributed by atoms with Gasteiger partial charge in [-0.15, -0.1) is 0 Å². The van der Waals surface area contributed by atoms with Crippen LogP contribution < -0.4 is 0 Å². The van der Waals surface area contributed by atoms with E-state index in [0.717, 1.165) is 38.5 Å². The van der Waals surface area contributed by atoms with E-state index in [0.29, 0.717) is 12.8 Å². The summed E-state index contributed by atoms with van der Waals surface area (Å²) in [5.41, 5.74) is 0. The Labute approximate surface area is 162 Å². The van der Waals surface area contributed by atoms with Gasteiger partial charge in [0.2, 0.25) is 0 Å². The lowest BCUT2D eigenvalue weighted by molar-refractivity contribution is 0.150. The van der Waals surface area contributed by atoms with Crippen molar-refractivity contribution in [1.82, 2.24) is 0 Å². The van der Waals surface area contributed by atoms with Gasteiger partial charge in [0.1, 0.15) is 0 Å². The molecule has 4 nitrogen and oxygen atoms in total. The highest BCUT2D eigenvalue weighted by atomic mass is 32.2. The van der Waals surface area contributed by atoms with Crippen LogP contribution in [0.5, 0.6) is 0 Å². The number of unbranched alkanes of at least 4 members (excludes halogenated alkanes) is 11. The monoisotopic (exact) mass is 392 g/mol. The third-order valence-electron chi connectivity index (χ3n) is 5.31. The van der Waals surface area contributed by atoms with E-state index in [-0.39, 0.29) is 6.10 Å². The lowest BCUT2D eigenvalue weighted by Crippen LogP contribution is -2.19. The van der Waals surface area contributed by atoms with Gasteiger partial charge < -0.3 is 5.11 Å². The van der Waals surface area contributed by atoms with Crippen molar-refractivity contribution in [3.05, 3.63) is 0 Å². The second-order valence-corrected chi connectivity index (χ2v) is 9.50. The third-order valence-corrected chi connectivity index (χ3v) is 6.72. The summed E-state index contributed by atoms with van der Waals surface area (Å²) in [5, 5.41) is 9.09. The van der Waals surface area contributed by atoms with Crippen molar-refractivity contribution >= 4 is 10.1 Å². The average Bonchev–Trinajstić information content (AvgIpc) is 2.57. The zero-order valence-corrected chi connectivity index (χ0v) is 18.1. The molecule has 0 saturated carbocycles. The lowest BCUT2D eigenvalue weighted by Gasteiger charge is -2.10. The zero-order valence-electron chi connectivity index (χ0n) is 17.3. The van der Waals surface area contributed by atoms with Crippen LogP contribution in [0, 0.1) is 0 Å². The standard InChI is InChI=1S/C21H44O4S/c1-3-17-20(22)18-15-13-11-9-7-5-6-8-10-12-14-16-19-21(4-2)26(23,24)25/h20-22H,3-19H2,1-2H3,(H,23,24,25). The van der Waals surface area contributed by atoms with Gasteiger partial charge >= 0.3 is 0 Å². The molecule has 2 atom stereocenters. The molecular formula is C21H44O4S. The van der Waals surface area contributed by atoms with E-state index in [4.69, 9.17) is 4.55 Å². The molecule has 0 heterocycles. The Kier molecular flexibility index (Phi) is 16.9. The van der Waals surface area contributed by atoms with Gasteiger partial charge in [-0.25, -0.2) is 0 Å². The summed E-state index contributed by atoms with van der Waals surface area (Å²) in [4.78, 5) is 0.